The Hall–Kier alpha value is -2.88. The lowest BCUT2D eigenvalue weighted by Crippen LogP contribution is -2.27. The van der Waals surface area contributed by atoms with E-state index in [2.05, 4.69) is 14.2 Å². The van der Waals surface area contributed by atoms with Crippen molar-refractivity contribution in [2.24, 2.45) is 5.92 Å². The van der Waals surface area contributed by atoms with E-state index in [0.29, 0.717) is 0 Å². The summed E-state index contributed by atoms with van der Waals surface area (Å²) in [5.41, 5.74) is 0. The summed E-state index contributed by atoms with van der Waals surface area (Å²) in [5, 5.41) is 26.7. The van der Waals surface area contributed by atoms with Gasteiger partial charge in [-0.25, -0.2) is 14.4 Å². The number of esters is 1. The van der Waals surface area contributed by atoms with E-state index < -0.39 is 49.0 Å². The molecule has 6 unspecified atom stereocenters. The van der Waals surface area contributed by atoms with Crippen LogP contribution in [-0.2, 0) is 42.7 Å². The Kier molecular flexibility index (Phi) is 22.6. The highest BCUT2D eigenvalue weighted by Crippen LogP contribution is 2.02. The quantitative estimate of drug-likeness (QED) is 0.177. The monoisotopic (exact) mass is 572 g/mol. The molecule has 0 aliphatic rings. The first-order valence-corrected chi connectivity index (χ1v) is 12.3. The van der Waals surface area contributed by atoms with Gasteiger partial charge in [0.1, 0.15) is 39.1 Å². The minimum atomic E-state index is -0.896. The Morgan fingerprint density at radius 3 is 1.33 bits per heavy atom. The Labute approximate surface area is 228 Å². The van der Waals surface area contributed by atoms with Crippen molar-refractivity contribution in [2.75, 3.05) is 46.2 Å². The highest BCUT2D eigenvalue weighted by molar-refractivity contribution is 5.65. The molecule has 0 aromatic rings. The fourth-order valence-corrected chi connectivity index (χ4v) is 1.93. The number of aliphatic hydroxyl groups is 3. The lowest BCUT2D eigenvalue weighted by molar-refractivity contribution is -0.142. The number of aliphatic hydroxyl groups excluding tert-OH is 3. The molecule has 39 heavy (non-hydrogen) atoms. The zero-order valence-corrected chi connectivity index (χ0v) is 23.7. The fourth-order valence-electron chi connectivity index (χ4n) is 1.93. The Morgan fingerprint density at radius 2 is 0.897 bits per heavy atom. The first kappa shape index (κ1) is 38.3. The number of hydrogen-bond acceptors (Lipinski definition) is 15. The van der Waals surface area contributed by atoms with Crippen molar-refractivity contribution < 1.29 is 72.4 Å². The van der Waals surface area contributed by atoms with Crippen LogP contribution in [0.2, 0.25) is 0 Å². The molecule has 3 N–H and O–H groups in total. The molecular formula is C24H44O15. The molecule has 0 amide bonds. The largest absolute Gasteiger partial charge is 0.508 e. The van der Waals surface area contributed by atoms with Gasteiger partial charge in [0.2, 0.25) is 0 Å². The molecule has 15 nitrogen and oxygen atoms in total. The summed E-state index contributed by atoms with van der Waals surface area (Å²) in [6.45, 7) is 10.7. The molecule has 0 aromatic carbocycles. The van der Waals surface area contributed by atoms with E-state index in [4.69, 9.17) is 39.0 Å². The van der Waals surface area contributed by atoms with E-state index in [0.717, 1.165) is 0 Å². The van der Waals surface area contributed by atoms with Gasteiger partial charge in [0.15, 0.2) is 0 Å². The molecule has 0 aromatic heterocycles. The number of hydrogen-bond donors (Lipinski definition) is 3. The molecule has 230 valence electrons. The normalized spacial score (nSPS) is 15.0. The van der Waals surface area contributed by atoms with Crippen LogP contribution in [0, 0.1) is 5.92 Å². The van der Waals surface area contributed by atoms with Crippen LogP contribution in [0.1, 0.15) is 48.5 Å². The highest BCUT2D eigenvalue weighted by atomic mass is 16.7. The molecule has 0 rings (SSSR count). The third-order valence-electron chi connectivity index (χ3n) is 3.73. The van der Waals surface area contributed by atoms with E-state index in [9.17, 15) is 19.2 Å². The van der Waals surface area contributed by atoms with Crippen molar-refractivity contribution in [3.63, 3.8) is 0 Å². The molecule has 0 aliphatic carbocycles. The van der Waals surface area contributed by atoms with Crippen LogP contribution in [0.4, 0.5) is 14.4 Å². The van der Waals surface area contributed by atoms with Crippen LogP contribution in [0.3, 0.4) is 0 Å². The van der Waals surface area contributed by atoms with Crippen LogP contribution in [0.25, 0.3) is 0 Å². The van der Waals surface area contributed by atoms with Gasteiger partial charge in [-0.15, -0.1) is 0 Å². The number of carbonyl (C=O) groups excluding carboxylic acids is 4. The molecule has 6 atom stereocenters. The summed E-state index contributed by atoms with van der Waals surface area (Å²) in [6, 6.07) is 0. The van der Waals surface area contributed by atoms with E-state index >= 15 is 0 Å². The van der Waals surface area contributed by atoms with Crippen molar-refractivity contribution in [1.29, 1.82) is 0 Å². The predicted octanol–water partition coefficient (Wildman–Crippen LogP) is 1.57. The third-order valence-corrected chi connectivity index (χ3v) is 3.73. The smallest absolute Gasteiger partial charge is 0.465 e. The molecule has 0 spiro atoms. The second-order valence-electron chi connectivity index (χ2n) is 8.83. The topological polar surface area (TPSA) is 203 Å². The molecule has 0 heterocycles. The van der Waals surface area contributed by atoms with Gasteiger partial charge in [-0.2, -0.15) is 0 Å². The summed E-state index contributed by atoms with van der Waals surface area (Å²) in [7, 11) is 0. The average Bonchev–Trinajstić information content (AvgIpc) is 2.84. The maximum absolute atomic E-state index is 11.2. The van der Waals surface area contributed by atoms with Gasteiger partial charge < -0.3 is 53.2 Å². The summed E-state index contributed by atoms with van der Waals surface area (Å²) >= 11 is 0. The van der Waals surface area contributed by atoms with Gasteiger partial charge >= 0.3 is 24.4 Å². The van der Waals surface area contributed by atoms with Gasteiger partial charge in [0, 0.05) is 12.8 Å². The van der Waals surface area contributed by atoms with E-state index in [1.54, 1.807) is 20.8 Å². The average molecular weight is 573 g/mol. The maximum Gasteiger partial charge on any atom is 0.508 e. The van der Waals surface area contributed by atoms with Crippen LogP contribution >= 0.6 is 0 Å². The first-order valence-electron chi connectivity index (χ1n) is 12.3. The molecule has 0 fully saturated rings. The molecule has 0 aliphatic heterocycles. The number of rotatable bonds is 16. The van der Waals surface area contributed by atoms with Gasteiger partial charge in [-0.05, 0) is 34.6 Å². The van der Waals surface area contributed by atoms with E-state index in [-0.39, 0.29) is 58.1 Å². The zero-order chi connectivity index (χ0) is 30.4. The number of carbonyl (C=O) groups is 4. The SMILES string of the molecule is CC(=O)OCC(C)COC(=O)OCC(C)O.CC(O)COC(=O)OCC(C)OCC(C)OC(=O)OCC(C)O. The van der Waals surface area contributed by atoms with Crippen molar-refractivity contribution in [3.05, 3.63) is 0 Å². The van der Waals surface area contributed by atoms with Gasteiger partial charge in [-0.3, -0.25) is 4.79 Å². The van der Waals surface area contributed by atoms with Crippen LogP contribution in [0.5, 0.6) is 0 Å². The molecular weight excluding hydrogens is 528 g/mol. The van der Waals surface area contributed by atoms with Crippen molar-refractivity contribution in [2.45, 2.75) is 79.0 Å². The van der Waals surface area contributed by atoms with Crippen LogP contribution in [-0.4, -0.2) is 117 Å². The fraction of sp³-hybridized carbons (Fsp3) is 0.833. The molecule has 0 radical (unpaired) electrons. The Balaban J connectivity index is 0. The van der Waals surface area contributed by atoms with Gasteiger partial charge in [0.05, 0.1) is 37.6 Å². The molecule has 15 heteroatoms. The first-order chi connectivity index (χ1) is 18.1. The number of ether oxygens (including phenoxy) is 8. The summed E-state index contributed by atoms with van der Waals surface area (Å²) in [4.78, 5) is 43.8. The van der Waals surface area contributed by atoms with E-state index in [1.807, 2.05) is 0 Å². The Bertz CT molecular complexity index is 680. The minimum Gasteiger partial charge on any atom is -0.465 e. The second-order valence-corrected chi connectivity index (χ2v) is 8.83. The van der Waals surface area contributed by atoms with Crippen molar-refractivity contribution in [1.82, 2.24) is 0 Å². The standard InChI is InChI=1S/C14H26O9.C10H18O6/c1-9(15)5-20-13(17)22-7-11(3)19-8-12(4)23-14(18)21-6-10(2)16;1-7(4-14-9(3)12)5-15-10(13)16-6-8(2)11/h9-12,15-16H,5-8H2,1-4H3;7-8,11H,4-6H2,1-3H3. The predicted molar refractivity (Wildman–Crippen MR) is 133 cm³/mol. The summed E-state index contributed by atoms with van der Waals surface area (Å²) < 4.78 is 38.2. The summed E-state index contributed by atoms with van der Waals surface area (Å²) in [6.07, 6.45) is -5.88. The molecule has 0 bridgehead atoms. The van der Waals surface area contributed by atoms with E-state index in [1.165, 1.54) is 27.7 Å². The molecule has 0 saturated carbocycles. The van der Waals surface area contributed by atoms with Crippen LogP contribution < -0.4 is 0 Å². The van der Waals surface area contributed by atoms with Crippen molar-refractivity contribution in [3.8, 4) is 0 Å². The maximum atomic E-state index is 11.2. The van der Waals surface area contributed by atoms with Crippen molar-refractivity contribution >= 4 is 24.4 Å². The summed E-state index contributed by atoms with van der Waals surface area (Å²) in [5.74, 6) is -0.466. The molecule has 0 saturated heterocycles. The second kappa shape index (κ2) is 23.0. The highest BCUT2D eigenvalue weighted by Gasteiger charge is 2.15. The lowest BCUT2D eigenvalue weighted by Gasteiger charge is -2.17. The van der Waals surface area contributed by atoms with Gasteiger partial charge in [-0.1, -0.05) is 6.92 Å². The third kappa shape index (κ3) is 29.5. The van der Waals surface area contributed by atoms with Gasteiger partial charge in [0.25, 0.3) is 0 Å². The van der Waals surface area contributed by atoms with Crippen LogP contribution in [0.15, 0.2) is 0 Å². The lowest BCUT2D eigenvalue weighted by atomic mass is 10.2. The Morgan fingerprint density at radius 1 is 0.513 bits per heavy atom. The minimum absolute atomic E-state index is 0.0438. The zero-order valence-electron chi connectivity index (χ0n) is 23.7.